The van der Waals surface area contributed by atoms with E-state index in [1.165, 1.54) is 24.3 Å². The van der Waals surface area contributed by atoms with Crippen molar-refractivity contribution in [2.24, 2.45) is 0 Å². The van der Waals surface area contributed by atoms with Crippen LogP contribution < -0.4 is 16.0 Å². The molecule has 0 spiro atoms. The molecular formula is C23H20N4O4S. The highest BCUT2D eigenvalue weighted by atomic mass is 32.1. The molecule has 2 amide bonds. The van der Waals surface area contributed by atoms with Gasteiger partial charge in [0.2, 0.25) is 5.91 Å². The molecule has 3 aromatic carbocycles. The van der Waals surface area contributed by atoms with Crippen LogP contribution in [0, 0.1) is 10.1 Å². The number of nitro groups is 1. The molecule has 3 aromatic rings. The average Bonchev–Trinajstić information content (AvgIpc) is 2.79. The second-order valence-electron chi connectivity index (χ2n) is 6.79. The Labute approximate surface area is 189 Å². The predicted molar refractivity (Wildman–Crippen MR) is 127 cm³/mol. The van der Waals surface area contributed by atoms with Gasteiger partial charge in [-0.1, -0.05) is 42.5 Å². The fourth-order valence-electron chi connectivity index (χ4n) is 2.92. The Morgan fingerprint density at radius 3 is 2.09 bits per heavy atom. The molecule has 0 aliphatic heterocycles. The molecule has 0 atom stereocenters. The van der Waals surface area contributed by atoms with E-state index in [-0.39, 0.29) is 22.3 Å². The molecule has 0 aromatic heterocycles. The fraction of sp³-hybridized carbons (Fsp3) is 0.0870. The van der Waals surface area contributed by atoms with E-state index in [1.807, 2.05) is 30.3 Å². The van der Waals surface area contributed by atoms with E-state index < -0.39 is 10.8 Å². The number of rotatable bonds is 7. The second kappa shape index (κ2) is 10.8. The van der Waals surface area contributed by atoms with E-state index in [2.05, 4.69) is 16.0 Å². The first-order chi connectivity index (χ1) is 15.4. The van der Waals surface area contributed by atoms with Crippen LogP contribution in [0.2, 0.25) is 0 Å². The maximum absolute atomic E-state index is 12.3. The number of para-hydroxylation sites is 1. The standard InChI is InChI=1S/C23H20N4O4S/c28-21(15-10-16-6-2-1-3-7-16)24-17-11-13-18(14-12-17)25-23(32)26-22(29)19-8-4-5-9-20(19)27(30)31/h1-9,11-14H,10,15H2,(H,24,28)(H2,25,26,29,32). The van der Waals surface area contributed by atoms with Gasteiger partial charge in [0.15, 0.2) is 5.11 Å². The third-order valence-electron chi connectivity index (χ3n) is 4.48. The third kappa shape index (κ3) is 6.44. The Balaban J connectivity index is 1.50. The highest BCUT2D eigenvalue weighted by Gasteiger charge is 2.19. The Morgan fingerprint density at radius 2 is 1.44 bits per heavy atom. The zero-order valence-electron chi connectivity index (χ0n) is 16.9. The molecule has 0 radical (unpaired) electrons. The van der Waals surface area contributed by atoms with Crippen LogP contribution in [-0.2, 0) is 11.2 Å². The van der Waals surface area contributed by atoms with Gasteiger partial charge < -0.3 is 10.6 Å². The first kappa shape index (κ1) is 22.6. The van der Waals surface area contributed by atoms with Crippen molar-refractivity contribution in [3.05, 3.63) is 100 Å². The summed E-state index contributed by atoms with van der Waals surface area (Å²) in [7, 11) is 0. The van der Waals surface area contributed by atoms with Crippen molar-refractivity contribution in [2.75, 3.05) is 10.6 Å². The summed E-state index contributed by atoms with van der Waals surface area (Å²) in [4.78, 5) is 34.9. The molecule has 3 rings (SSSR count). The molecule has 0 saturated carbocycles. The minimum atomic E-state index is -0.683. The van der Waals surface area contributed by atoms with Gasteiger partial charge >= 0.3 is 0 Å². The summed E-state index contributed by atoms with van der Waals surface area (Å²) < 4.78 is 0. The molecule has 0 aliphatic rings. The molecule has 8 nitrogen and oxygen atoms in total. The van der Waals surface area contributed by atoms with Gasteiger partial charge in [0, 0.05) is 23.9 Å². The Bertz CT molecular complexity index is 1130. The van der Waals surface area contributed by atoms with Gasteiger partial charge in [-0.25, -0.2) is 0 Å². The largest absolute Gasteiger partial charge is 0.332 e. The van der Waals surface area contributed by atoms with E-state index in [1.54, 1.807) is 24.3 Å². The molecule has 0 bridgehead atoms. The van der Waals surface area contributed by atoms with Gasteiger partial charge in [-0.05, 0) is 54.5 Å². The molecule has 0 fully saturated rings. The zero-order valence-corrected chi connectivity index (χ0v) is 17.7. The highest BCUT2D eigenvalue weighted by molar-refractivity contribution is 7.80. The summed E-state index contributed by atoms with van der Waals surface area (Å²) in [6.07, 6.45) is 1.02. The van der Waals surface area contributed by atoms with Crippen molar-refractivity contribution in [1.82, 2.24) is 5.32 Å². The average molecular weight is 449 g/mol. The number of anilines is 2. The number of hydrogen-bond acceptors (Lipinski definition) is 5. The fourth-order valence-corrected chi connectivity index (χ4v) is 3.13. The van der Waals surface area contributed by atoms with Crippen molar-refractivity contribution in [3.63, 3.8) is 0 Å². The summed E-state index contributed by atoms with van der Waals surface area (Å²) in [5, 5.41) is 19.2. The van der Waals surface area contributed by atoms with E-state index in [9.17, 15) is 19.7 Å². The van der Waals surface area contributed by atoms with Crippen molar-refractivity contribution in [1.29, 1.82) is 0 Å². The van der Waals surface area contributed by atoms with Gasteiger partial charge in [-0.15, -0.1) is 0 Å². The first-order valence-electron chi connectivity index (χ1n) is 9.72. The van der Waals surface area contributed by atoms with E-state index in [0.717, 1.165) is 5.56 Å². The molecule has 162 valence electrons. The number of nitro benzene ring substituents is 1. The van der Waals surface area contributed by atoms with Crippen LogP contribution in [0.25, 0.3) is 0 Å². The lowest BCUT2D eigenvalue weighted by Gasteiger charge is -2.11. The lowest BCUT2D eigenvalue weighted by molar-refractivity contribution is -0.385. The number of nitrogens with zero attached hydrogens (tertiary/aromatic N) is 1. The molecule has 3 N–H and O–H groups in total. The quantitative estimate of drug-likeness (QED) is 0.282. The lowest BCUT2D eigenvalue weighted by atomic mass is 10.1. The molecular weight excluding hydrogens is 428 g/mol. The van der Waals surface area contributed by atoms with Crippen LogP contribution in [0.1, 0.15) is 22.3 Å². The summed E-state index contributed by atoms with van der Waals surface area (Å²) >= 11 is 5.12. The number of benzene rings is 3. The normalized spacial score (nSPS) is 10.1. The molecule has 0 aliphatic carbocycles. The Hall–Kier alpha value is -4.11. The van der Waals surface area contributed by atoms with Crippen LogP contribution in [0.4, 0.5) is 17.1 Å². The van der Waals surface area contributed by atoms with Crippen molar-refractivity contribution < 1.29 is 14.5 Å². The Kier molecular flexibility index (Phi) is 7.60. The lowest BCUT2D eigenvalue weighted by Crippen LogP contribution is -2.34. The summed E-state index contributed by atoms with van der Waals surface area (Å²) in [5.74, 6) is -0.779. The van der Waals surface area contributed by atoms with E-state index in [0.29, 0.717) is 24.2 Å². The van der Waals surface area contributed by atoms with Gasteiger partial charge in [0.05, 0.1) is 4.92 Å². The summed E-state index contributed by atoms with van der Waals surface area (Å²) in [6, 6.07) is 22.2. The predicted octanol–water partition coefficient (Wildman–Crippen LogP) is 4.29. The Morgan fingerprint density at radius 1 is 0.844 bits per heavy atom. The molecule has 9 heteroatoms. The molecule has 0 saturated heterocycles. The SMILES string of the molecule is O=C(CCc1ccccc1)Nc1ccc(NC(=S)NC(=O)c2ccccc2[N+](=O)[O-])cc1. The first-order valence-corrected chi connectivity index (χ1v) is 10.1. The van der Waals surface area contributed by atoms with Gasteiger partial charge in [-0.3, -0.25) is 25.0 Å². The monoisotopic (exact) mass is 448 g/mol. The van der Waals surface area contributed by atoms with Gasteiger partial charge in [0.1, 0.15) is 5.56 Å². The number of aryl methyl sites for hydroxylation is 1. The van der Waals surface area contributed by atoms with Crippen LogP contribution in [0.5, 0.6) is 0 Å². The topological polar surface area (TPSA) is 113 Å². The van der Waals surface area contributed by atoms with Crippen molar-refractivity contribution >= 4 is 46.2 Å². The highest BCUT2D eigenvalue weighted by Crippen LogP contribution is 2.18. The number of carbonyl (C=O) groups excluding carboxylic acids is 2. The van der Waals surface area contributed by atoms with E-state index in [4.69, 9.17) is 12.2 Å². The van der Waals surface area contributed by atoms with Gasteiger partial charge in [0.25, 0.3) is 11.6 Å². The smallest absolute Gasteiger partial charge is 0.282 e. The third-order valence-corrected chi connectivity index (χ3v) is 4.69. The summed E-state index contributed by atoms with van der Waals surface area (Å²) in [6.45, 7) is 0. The minimum Gasteiger partial charge on any atom is -0.332 e. The maximum Gasteiger partial charge on any atom is 0.282 e. The number of thiocarbonyl (C=S) groups is 1. The number of carbonyl (C=O) groups is 2. The minimum absolute atomic E-state index is 0.00667. The molecule has 0 unspecified atom stereocenters. The second-order valence-corrected chi connectivity index (χ2v) is 7.20. The van der Waals surface area contributed by atoms with E-state index >= 15 is 0 Å². The molecule has 32 heavy (non-hydrogen) atoms. The van der Waals surface area contributed by atoms with Crippen molar-refractivity contribution in [2.45, 2.75) is 12.8 Å². The number of hydrogen-bond donors (Lipinski definition) is 3. The number of nitrogens with one attached hydrogen (secondary N) is 3. The van der Waals surface area contributed by atoms with Gasteiger partial charge in [-0.2, -0.15) is 0 Å². The van der Waals surface area contributed by atoms with Crippen LogP contribution in [0.3, 0.4) is 0 Å². The van der Waals surface area contributed by atoms with Crippen molar-refractivity contribution in [3.8, 4) is 0 Å². The van der Waals surface area contributed by atoms with Crippen LogP contribution >= 0.6 is 12.2 Å². The van der Waals surface area contributed by atoms with Crippen LogP contribution in [-0.4, -0.2) is 21.9 Å². The maximum atomic E-state index is 12.3. The summed E-state index contributed by atoms with van der Waals surface area (Å²) in [5.41, 5.74) is 1.91. The molecule has 0 heterocycles. The van der Waals surface area contributed by atoms with Crippen LogP contribution in [0.15, 0.2) is 78.9 Å². The zero-order chi connectivity index (χ0) is 22.9. The number of amides is 2.